The molecule has 0 bridgehead atoms. The number of halogens is 1. The summed E-state index contributed by atoms with van der Waals surface area (Å²) in [6.45, 7) is 6.53. The number of ether oxygens (including phenoxy) is 1. The quantitative estimate of drug-likeness (QED) is 0.677. The summed E-state index contributed by atoms with van der Waals surface area (Å²) < 4.78 is 6.67. The molecule has 1 aromatic heterocycles. The highest BCUT2D eigenvalue weighted by Crippen LogP contribution is 2.19. The number of aryl methyl sites for hydroxylation is 1. The lowest BCUT2D eigenvalue weighted by molar-refractivity contribution is 0.0933. The Balaban J connectivity index is 1.89. The molecule has 1 heterocycles. The van der Waals surface area contributed by atoms with Crippen LogP contribution in [0.5, 0.6) is 5.75 Å². The van der Waals surface area contributed by atoms with Crippen LogP contribution >= 0.6 is 15.9 Å². The predicted octanol–water partition coefficient (Wildman–Crippen LogP) is 3.79. The minimum atomic E-state index is -0.0285. The van der Waals surface area contributed by atoms with Crippen LogP contribution in [0.4, 0.5) is 0 Å². The minimum absolute atomic E-state index is 0.0263. The van der Waals surface area contributed by atoms with Crippen molar-refractivity contribution in [3.8, 4) is 5.75 Å². The maximum Gasteiger partial charge on any atom is 0.193 e. The second-order valence-electron chi connectivity index (χ2n) is 6.14. The zero-order valence-electron chi connectivity index (χ0n) is 15.0. The number of carbonyl (C=O) groups excluding carboxylic acids is 2. The first-order valence-electron chi connectivity index (χ1n) is 8.09. The van der Waals surface area contributed by atoms with E-state index < -0.39 is 0 Å². The molecular formula is C19H23BrN2O3. The average molecular weight is 407 g/mol. The van der Waals surface area contributed by atoms with Gasteiger partial charge in [-0.3, -0.25) is 14.5 Å². The second kappa shape index (κ2) is 8.45. The van der Waals surface area contributed by atoms with Gasteiger partial charge in [0.25, 0.3) is 0 Å². The summed E-state index contributed by atoms with van der Waals surface area (Å²) in [5.74, 6) is 0.741. The van der Waals surface area contributed by atoms with Crippen molar-refractivity contribution in [3.63, 3.8) is 0 Å². The predicted molar refractivity (Wildman–Crippen MR) is 102 cm³/mol. The van der Waals surface area contributed by atoms with E-state index in [4.69, 9.17) is 4.74 Å². The van der Waals surface area contributed by atoms with Crippen LogP contribution in [0.2, 0.25) is 0 Å². The van der Waals surface area contributed by atoms with Gasteiger partial charge >= 0.3 is 0 Å². The Morgan fingerprint density at radius 1 is 1.20 bits per heavy atom. The van der Waals surface area contributed by atoms with Crippen LogP contribution in [-0.2, 0) is 0 Å². The first-order valence-corrected chi connectivity index (χ1v) is 8.89. The fraction of sp³-hybridized carbons (Fsp3) is 0.368. The summed E-state index contributed by atoms with van der Waals surface area (Å²) in [6, 6.07) is 7.63. The van der Waals surface area contributed by atoms with Crippen molar-refractivity contribution >= 4 is 27.5 Å². The molecule has 0 fully saturated rings. The standard InChI is InChI=1S/C19H23BrN2O3/c1-12-18(14(3)23)13(2)21-19(12)17(24)11-22(4)9-10-25-16-7-5-15(20)6-8-16/h5-8,21H,9-11H2,1-4H3. The van der Waals surface area contributed by atoms with Gasteiger partial charge in [-0.15, -0.1) is 0 Å². The zero-order valence-corrected chi connectivity index (χ0v) is 16.6. The lowest BCUT2D eigenvalue weighted by atomic mass is 10.1. The normalized spacial score (nSPS) is 11.0. The molecule has 0 aliphatic carbocycles. The number of carbonyl (C=O) groups is 2. The largest absolute Gasteiger partial charge is 0.492 e. The number of H-pyrrole nitrogens is 1. The molecule has 1 N–H and O–H groups in total. The number of aromatic amines is 1. The minimum Gasteiger partial charge on any atom is -0.492 e. The van der Waals surface area contributed by atoms with Crippen LogP contribution in [0.1, 0.15) is 39.0 Å². The fourth-order valence-corrected chi connectivity index (χ4v) is 3.07. The van der Waals surface area contributed by atoms with E-state index in [9.17, 15) is 9.59 Å². The Hall–Kier alpha value is -1.92. The Bertz CT molecular complexity index is 766. The van der Waals surface area contributed by atoms with Gasteiger partial charge in [0.05, 0.1) is 12.2 Å². The van der Waals surface area contributed by atoms with Crippen molar-refractivity contribution in [2.75, 3.05) is 26.7 Å². The number of nitrogens with zero attached hydrogens (tertiary/aromatic N) is 1. The number of nitrogens with one attached hydrogen (secondary N) is 1. The second-order valence-corrected chi connectivity index (χ2v) is 7.06. The third kappa shape index (κ3) is 5.03. The maximum absolute atomic E-state index is 12.5. The molecule has 25 heavy (non-hydrogen) atoms. The van der Waals surface area contributed by atoms with Crippen molar-refractivity contribution < 1.29 is 14.3 Å². The van der Waals surface area contributed by atoms with Crippen LogP contribution in [0.15, 0.2) is 28.7 Å². The number of aromatic nitrogens is 1. The molecule has 1 aromatic carbocycles. The monoisotopic (exact) mass is 406 g/mol. The average Bonchev–Trinajstić information content (AvgIpc) is 2.84. The van der Waals surface area contributed by atoms with Crippen LogP contribution in [-0.4, -0.2) is 48.2 Å². The number of ketones is 2. The molecule has 2 rings (SSSR count). The summed E-state index contributed by atoms with van der Waals surface area (Å²) in [5.41, 5.74) is 2.61. The number of hydrogen-bond donors (Lipinski definition) is 1. The molecule has 0 saturated carbocycles. The Labute approximate surface area is 156 Å². The lowest BCUT2D eigenvalue weighted by Crippen LogP contribution is -2.30. The molecule has 0 unspecified atom stereocenters. The number of Topliss-reactive ketones (excluding diaryl/α,β-unsaturated/α-hetero) is 2. The Morgan fingerprint density at radius 2 is 1.84 bits per heavy atom. The highest BCUT2D eigenvalue weighted by atomic mass is 79.9. The van der Waals surface area contributed by atoms with E-state index in [2.05, 4.69) is 20.9 Å². The van der Waals surface area contributed by atoms with Gasteiger partial charge in [0.1, 0.15) is 12.4 Å². The summed E-state index contributed by atoms with van der Waals surface area (Å²) in [6.07, 6.45) is 0. The van der Waals surface area contributed by atoms with Crippen LogP contribution < -0.4 is 4.74 Å². The third-order valence-electron chi connectivity index (χ3n) is 4.04. The smallest absolute Gasteiger partial charge is 0.193 e. The van der Waals surface area contributed by atoms with Crippen molar-refractivity contribution in [3.05, 3.63) is 51.3 Å². The van der Waals surface area contributed by atoms with Crippen LogP contribution in [0.3, 0.4) is 0 Å². The summed E-state index contributed by atoms with van der Waals surface area (Å²) in [7, 11) is 1.87. The van der Waals surface area contributed by atoms with E-state index in [0.717, 1.165) is 21.5 Å². The van der Waals surface area contributed by atoms with Crippen molar-refractivity contribution in [1.29, 1.82) is 0 Å². The van der Waals surface area contributed by atoms with Gasteiger partial charge in [0.15, 0.2) is 11.6 Å². The van der Waals surface area contributed by atoms with E-state index in [1.807, 2.05) is 50.1 Å². The topological polar surface area (TPSA) is 62.4 Å². The van der Waals surface area contributed by atoms with Crippen molar-refractivity contribution in [2.45, 2.75) is 20.8 Å². The molecule has 0 aliphatic heterocycles. The highest BCUT2D eigenvalue weighted by Gasteiger charge is 2.20. The summed E-state index contributed by atoms with van der Waals surface area (Å²) in [5, 5.41) is 0. The first kappa shape index (κ1) is 19.4. The highest BCUT2D eigenvalue weighted by molar-refractivity contribution is 9.10. The Morgan fingerprint density at radius 3 is 2.40 bits per heavy atom. The molecule has 134 valence electrons. The van der Waals surface area contributed by atoms with E-state index in [0.29, 0.717) is 24.4 Å². The molecule has 0 radical (unpaired) electrons. The molecular weight excluding hydrogens is 384 g/mol. The van der Waals surface area contributed by atoms with Gasteiger partial charge in [-0.1, -0.05) is 15.9 Å². The molecule has 0 amide bonds. The molecule has 0 saturated heterocycles. The molecule has 5 nitrogen and oxygen atoms in total. The van der Waals surface area contributed by atoms with Gasteiger partial charge in [-0.2, -0.15) is 0 Å². The summed E-state index contributed by atoms with van der Waals surface area (Å²) >= 11 is 3.38. The SMILES string of the molecule is CC(=O)c1c(C)[nH]c(C(=O)CN(C)CCOc2ccc(Br)cc2)c1C. The molecule has 0 spiro atoms. The van der Waals surface area contributed by atoms with Gasteiger partial charge in [0, 0.05) is 22.3 Å². The number of benzene rings is 1. The van der Waals surface area contributed by atoms with Gasteiger partial charge < -0.3 is 9.72 Å². The van der Waals surface area contributed by atoms with Crippen LogP contribution in [0, 0.1) is 13.8 Å². The van der Waals surface area contributed by atoms with E-state index >= 15 is 0 Å². The van der Waals surface area contributed by atoms with Crippen LogP contribution in [0.25, 0.3) is 0 Å². The maximum atomic E-state index is 12.5. The Kier molecular flexibility index (Phi) is 6.56. The van der Waals surface area contributed by atoms with Gasteiger partial charge in [-0.05, 0) is 57.6 Å². The lowest BCUT2D eigenvalue weighted by Gasteiger charge is -2.16. The molecule has 0 aliphatic rings. The number of hydrogen-bond acceptors (Lipinski definition) is 4. The zero-order chi connectivity index (χ0) is 18.6. The fourth-order valence-electron chi connectivity index (χ4n) is 2.81. The van der Waals surface area contributed by atoms with E-state index in [-0.39, 0.29) is 18.1 Å². The molecule has 6 heteroatoms. The molecule has 0 atom stereocenters. The van der Waals surface area contributed by atoms with Crippen molar-refractivity contribution in [1.82, 2.24) is 9.88 Å². The number of likely N-dealkylation sites (N-methyl/N-ethyl adjacent to an activating group) is 1. The van der Waals surface area contributed by atoms with Gasteiger partial charge in [-0.25, -0.2) is 0 Å². The van der Waals surface area contributed by atoms with Gasteiger partial charge in [0.2, 0.25) is 0 Å². The summed E-state index contributed by atoms with van der Waals surface area (Å²) in [4.78, 5) is 29.1. The van der Waals surface area contributed by atoms with E-state index in [1.165, 1.54) is 6.92 Å². The molecule has 2 aromatic rings. The van der Waals surface area contributed by atoms with Crippen molar-refractivity contribution in [2.24, 2.45) is 0 Å². The van der Waals surface area contributed by atoms with E-state index in [1.54, 1.807) is 0 Å². The third-order valence-corrected chi connectivity index (χ3v) is 4.57. The number of rotatable bonds is 8. The first-order chi connectivity index (χ1) is 11.8.